The van der Waals surface area contributed by atoms with E-state index in [2.05, 4.69) is 0 Å². The molecule has 4 nitrogen and oxygen atoms in total. The lowest BCUT2D eigenvalue weighted by molar-refractivity contribution is 0.435. The predicted octanol–water partition coefficient (Wildman–Crippen LogP) is 1.75. The summed E-state index contributed by atoms with van der Waals surface area (Å²) < 4.78 is 38.1. The highest BCUT2D eigenvalue weighted by atomic mass is 32.2. The van der Waals surface area contributed by atoms with E-state index in [9.17, 15) is 12.8 Å². The molecule has 0 amide bonds. The van der Waals surface area contributed by atoms with E-state index in [0.29, 0.717) is 0 Å². The summed E-state index contributed by atoms with van der Waals surface area (Å²) in [4.78, 5) is 0.0405. The molecule has 0 saturated heterocycles. The molecular formula is C11H13FN2O2S. The molecule has 0 bridgehead atoms. The Morgan fingerprint density at radius 1 is 1.35 bits per heavy atom. The maximum atomic E-state index is 12.7. The zero-order valence-corrected chi connectivity index (χ0v) is 10.2. The van der Waals surface area contributed by atoms with Gasteiger partial charge in [0.05, 0.1) is 11.0 Å². The summed E-state index contributed by atoms with van der Waals surface area (Å²) >= 11 is 0. The Balaban J connectivity index is 3.00. The zero-order chi connectivity index (χ0) is 12.9. The molecule has 1 aromatic rings. The van der Waals surface area contributed by atoms with E-state index >= 15 is 0 Å². The van der Waals surface area contributed by atoms with Crippen LogP contribution in [0.5, 0.6) is 0 Å². The summed E-state index contributed by atoms with van der Waals surface area (Å²) in [7, 11) is -3.62. The number of nitriles is 1. The van der Waals surface area contributed by atoms with Crippen LogP contribution in [0.1, 0.15) is 13.3 Å². The molecule has 0 aliphatic carbocycles. The summed E-state index contributed by atoms with van der Waals surface area (Å²) in [6.45, 7) is 2.12. The van der Waals surface area contributed by atoms with Gasteiger partial charge in [0.25, 0.3) is 0 Å². The van der Waals surface area contributed by atoms with Gasteiger partial charge in [0.2, 0.25) is 10.0 Å². The van der Waals surface area contributed by atoms with Gasteiger partial charge in [0.15, 0.2) is 0 Å². The van der Waals surface area contributed by atoms with E-state index in [1.807, 2.05) is 6.07 Å². The zero-order valence-electron chi connectivity index (χ0n) is 9.43. The second-order valence-corrected chi connectivity index (χ2v) is 5.30. The van der Waals surface area contributed by atoms with E-state index in [1.165, 1.54) is 16.4 Å². The molecule has 1 aromatic carbocycles. The third-order valence-electron chi connectivity index (χ3n) is 2.28. The minimum absolute atomic E-state index is 0.0405. The van der Waals surface area contributed by atoms with Crippen LogP contribution in [-0.4, -0.2) is 25.8 Å². The average molecular weight is 256 g/mol. The fraction of sp³-hybridized carbons (Fsp3) is 0.364. The fourth-order valence-electron chi connectivity index (χ4n) is 1.38. The van der Waals surface area contributed by atoms with E-state index in [1.54, 1.807) is 6.92 Å². The third-order valence-corrected chi connectivity index (χ3v) is 4.27. The monoisotopic (exact) mass is 256 g/mol. The van der Waals surface area contributed by atoms with E-state index < -0.39 is 15.8 Å². The van der Waals surface area contributed by atoms with Crippen LogP contribution in [0, 0.1) is 17.1 Å². The lowest BCUT2D eigenvalue weighted by Gasteiger charge is -2.19. The summed E-state index contributed by atoms with van der Waals surface area (Å²) in [5, 5.41) is 8.46. The van der Waals surface area contributed by atoms with E-state index in [-0.39, 0.29) is 24.4 Å². The van der Waals surface area contributed by atoms with Gasteiger partial charge in [-0.1, -0.05) is 6.92 Å². The van der Waals surface area contributed by atoms with Crippen molar-refractivity contribution >= 4 is 10.0 Å². The SMILES string of the molecule is CCN(CCC#N)S(=O)(=O)c1ccc(F)cc1. The number of halogens is 1. The van der Waals surface area contributed by atoms with Crippen molar-refractivity contribution in [3.05, 3.63) is 30.1 Å². The van der Waals surface area contributed by atoms with Crippen molar-refractivity contribution in [3.63, 3.8) is 0 Å². The van der Waals surface area contributed by atoms with Crippen LogP contribution < -0.4 is 0 Å². The molecule has 0 fully saturated rings. The van der Waals surface area contributed by atoms with Crippen LogP contribution >= 0.6 is 0 Å². The van der Waals surface area contributed by atoms with Crippen LogP contribution in [0.2, 0.25) is 0 Å². The second-order valence-electron chi connectivity index (χ2n) is 3.36. The normalized spacial score (nSPS) is 11.4. The maximum absolute atomic E-state index is 12.7. The Morgan fingerprint density at radius 2 is 1.94 bits per heavy atom. The van der Waals surface area contributed by atoms with Crippen molar-refractivity contribution in [1.29, 1.82) is 5.26 Å². The third kappa shape index (κ3) is 3.25. The molecule has 0 radical (unpaired) electrons. The van der Waals surface area contributed by atoms with Gasteiger partial charge < -0.3 is 0 Å². The topological polar surface area (TPSA) is 61.2 Å². The standard InChI is InChI=1S/C11H13FN2O2S/c1-2-14(9-3-8-13)17(15,16)11-6-4-10(12)5-7-11/h4-7H,2-3,9H2,1H3. The first-order chi connectivity index (χ1) is 8.02. The highest BCUT2D eigenvalue weighted by molar-refractivity contribution is 7.89. The van der Waals surface area contributed by atoms with Crippen LogP contribution in [-0.2, 0) is 10.0 Å². The molecule has 0 unspecified atom stereocenters. The number of hydrogen-bond acceptors (Lipinski definition) is 3. The lowest BCUT2D eigenvalue weighted by atomic mass is 10.4. The van der Waals surface area contributed by atoms with Gasteiger partial charge in [0, 0.05) is 19.5 Å². The van der Waals surface area contributed by atoms with Crippen molar-refractivity contribution in [3.8, 4) is 6.07 Å². The second kappa shape index (κ2) is 5.75. The van der Waals surface area contributed by atoms with Crippen LogP contribution in [0.4, 0.5) is 4.39 Å². The Hall–Kier alpha value is -1.45. The molecule has 0 N–H and O–H groups in total. The molecule has 17 heavy (non-hydrogen) atoms. The maximum Gasteiger partial charge on any atom is 0.243 e. The van der Waals surface area contributed by atoms with Gasteiger partial charge in [-0.3, -0.25) is 0 Å². The molecule has 0 spiro atoms. The lowest BCUT2D eigenvalue weighted by Crippen LogP contribution is -2.31. The molecule has 0 heterocycles. The molecule has 0 aliphatic heterocycles. The summed E-state index contributed by atoms with van der Waals surface area (Å²) in [6, 6.07) is 6.55. The smallest absolute Gasteiger partial charge is 0.207 e. The molecule has 1 rings (SSSR count). The van der Waals surface area contributed by atoms with Gasteiger partial charge in [0.1, 0.15) is 5.82 Å². The molecular weight excluding hydrogens is 243 g/mol. The Labute approximate surface area is 100 Å². The minimum Gasteiger partial charge on any atom is -0.207 e. The molecule has 0 atom stereocenters. The van der Waals surface area contributed by atoms with Crippen molar-refractivity contribution in [2.24, 2.45) is 0 Å². The highest BCUT2D eigenvalue weighted by Crippen LogP contribution is 2.16. The van der Waals surface area contributed by atoms with E-state index in [4.69, 9.17) is 5.26 Å². The van der Waals surface area contributed by atoms with Crippen LogP contribution in [0.15, 0.2) is 29.2 Å². The fourth-order valence-corrected chi connectivity index (χ4v) is 2.83. The van der Waals surface area contributed by atoms with Gasteiger partial charge in [-0.15, -0.1) is 0 Å². The molecule has 0 saturated carbocycles. The largest absolute Gasteiger partial charge is 0.243 e. The van der Waals surface area contributed by atoms with Crippen molar-refractivity contribution in [2.75, 3.05) is 13.1 Å². The number of sulfonamides is 1. The van der Waals surface area contributed by atoms with Crippen molar-refractivity contribution in [1.82, 2.24) is 4.31 Å². The average Bonchev–Trinajstić information content (AvgIpc) is 2.30. The number of rotatable bonds is 5. The van der Waals surface area contributed by atoms with Gasteiger partial charge in [-0.2, -0.15) is 9.57 Å². The van der Waals surface area contributed by atoms with Crippen molar-refractivity contribution in [2.45, 2.75) is 18.2 Å². The van der Waals surface area contributed by atoms with Crippen LogP contribution in [0.3, 0.4) is 0 Å². The van der Waals surface area contributed by atoms with Gasteiger partial charge in [-0.25, -0.2) is 12.8 Å². The Kier molecular flexibility index (Phi) is 4.61. The summed E-state index contributed by atoms with van der Waals surface area (Å²) in [5.74, 6) is -0.482. The summed E-state index contributed by atoms with van der Waals surface area (Å²) in [6.07, 6.45) is 0.133. The van der Waals surface area contributed by atoms with E-state index in [0.717, 1.165) is 12.1 Å². The van der Waals surface area contributed by atoms with Gasteiger partial charge >= 0.3 is 0 Å². The molecule has 0 aliphatic rings. The Morgan fingerprint density at radius 3 is 2.41 bits per heavy atom. The minimum atomic E-state index is -3.62. The number of benzene rings is 1. The first kappa shape index (κ1) is 13.6. The summed E-state index contributed by atoms with van der Waals surface area (Å²) in [5.41, 5.74) is 0. The predicted molar refractivity (Wildman–Crippen MR) is 61.1 cm³/mol. The number of nitrogens with zero attached hydrogens (tertiary/aromatic N) is 2. The first-order valence-corrected chi connectivity index (χ1v) is 6.59. The molecule has 6 heteroatoms. The molecule has 92 valence electrons. The van der Waals surface area contributed by atoms with Crippen LogP contribution in [0.25, 0.3) is 0 Å². The van der Waals surface area contributed by atoms with Crippen molar-refractivity contribution < 1.29 is 12.8 Å². The quantitative estimate of drug-likeness (QED) is 0.806. The number of hydrogen-bond donors (Lipinski definition) is 0. The highest BCUT2D eigenvalue weighted by Gasteiger charge is 2.22. The Bertz CT molecular complexity index is 505. The first-order valence-electron chi connectivity index (χ1n) is 5.15. The van der Waals surface area contributed by atoms with Gasteiger partial charge in [-0.05, 0) is 24.3 Å². The molecule has 0 aromatic heterocycles.